The van der Waals surface area contributed by atoms with Gasteiger partial charge in [0.2, 0.25) is 0 Å². The van der Waals surface area contributed by atoms with E-state index in [1.54, 1.807) is 0 Å². The van der Waals surface area contributed by atoms with Crippen molar-refractivity contribution in [2.45, 2.75) is 52.2 Å². The van der Waals surface area contributed by atoms with Crippen LogP contribution in [0, 0.1) is 19.8 Å². The smallest absolute Gasteiger partial charge is 0.147 e. The minimum Gasteiger partial charge on any atom is -0.497 e. The van der Waals surface area contributed by atoms with Gasteiger partial charge in [-0.25, -0.2) is 9.67 Å². The fraction of sp³-hybridized carbons (Fsp3) is 0.750. The Labute approximate surface area is 127 Å². The fourth-order valence-corrected chi connectivity index (χ4v) is 3.45. The van der Waals surface area contributed by atoms with Gasteiger partial charge in [0.25, 0.3) is 0 Å². The van der Waals surface area contributed by atoms with Crippen molar-refractivity contribution < 1.29 is 4.74 Å². The molecule has 5 nitrogen and oxygen atoms in total. The fourth-order valence-electron chi connectivity index (χ4n) is 3.45. The molecule has 3 rings (SSSR count). The molecule has 0 spiro atoms. The highest BCUT2D eigenvalue weighted by molar-refractivity contribution is 4.89. The monoisotopic (exact) mass is 290 g/mol. The molecule has 3 heterocycles. The summed E-state index contributed by atoms with van der Waals surface area (Å²) in [5, 5.41) is 4.50. The molecule has 5 heteroatoms. The van der Waals surface area contributed by atoms with E-state index in [2.05, 4.69) is 25.7 Å². The molecule has 1 fully saturated rings. The first-order valence-corrected chi connectivity index (χ1v) is 8.11. The minimum atomic E-state index is 0.379. The van der Waals surface area contributed by atoms with Gasteiger partial charge in [0.1, 0.15) is 17.8 Å². The number of ether oxygens (including phenoxy) is 1. The van der Waals surface area contributed by atoms with Gasteiger partial charge in [-0.2, -0.15) is 5.10 Å². The highest BCUT2D eigenvalue weighted by Crippen LogP contribution is 2.21. The SMILES string of the molecule is Cc1nc(C)n(C[C@H]2CCCN(C[C@@H]3CCC=CO3)C2)n1. The first-order valence-electron chi connectivity index (χ1n) is 8.11. The highest BCUT2D eigenvalue weighted by atomic mass is 16.5. The first-order chi connectivity index (χ1) is 10.2. The third-order valence-electron chi connectivity index (χ3n) is 4.48. The Kier molecular flexibility index (Phi) is 4.58. The molecule has 2 atom stereocenters. The molecule has 2 aliphatic rings. The third-order valence-corrected chi connectivity index (χ3v) is 4.48. The molecule has 1 saturated heterocycles. The largest absolute Gasteiger partial charge is 0.497 e. The zero-order valence-electron chi connectivity index (χ0n) is 13.2. The second-order valence-electron chi connectivity index (χ2n) is 6.36. The van der Waals surface area contributed by atoms with Gasteiger partial charge >= 0.3 is 0 Å². The number of piperidine rings is 1. The number of rotatable bonds is 4. The number of allylic oxidation sites excluding steroid dienone is 1. The third kappa shape index (κ3) is 3.84. The molecule has 0 radical (unpaired) electrons. The van der Waals surface area contributed by atoms with E-state index in [-0.39, 0.29) is 0 Å². The summed E-state index contributed by atoms with van der Waals surface area (Å²) in [7, 11) is 0. The zero-order valence-corrected chi connectivity index (χ0v) is 13.2. The summed E-state index contributed by atoms with van der Waals surface area (Å²) in [6.45, 7) is 8.43. The van der Waals surface area contributed by atoms with Gasteiger partial charge in [-0.3, -0.25) is 4.90 Å². The Morgan fingerprint density at radius 2 is 2.19 bits per heavy atom. The van der Waals surface area contributed by atoms with Gasteiger partial charge in [-0.05, 0) is 58.1 Å². The summed E-state index contributed by atoms with van der Waals surface area (Å²) in [6.07, 6.45) is 9.24. The summed E-state index contributed by atoms with van der Waals surface area (Å²) in [4.78, 5) is 6.97. The van der Waals surface area contributed by atoms with Crippen molar-refractivity contribution in [2.75, 3.05) is 19.6 Å². The van der Waals surface area contributed by atoms with Gasteiger partial charge in [0, 0.05) is 19.6 Å². The van der Waals surface area contributed by atoms with Crippen molar-refractivity contribution in [3.63, 3.8) is 0 Å². The van der Waals surface area contributed by atoms with E-state index in [1.807, 2.05) is 20.1 Å². The van der Waals surface area contributed by atoms with E-state index in [9.17, 15) is 0 Å². The van der Waals surface area contributed by atoms with Crippen LogP contribution >= 0.6 is 0 Å². The van der Waals surface area contributed by atoms with Crippen LogP contribution < -0.4 is 0 Å². The lowest BCUT2D eigenvalue weighted by molar-refractivity contribution is 0.0570. The van der Waals surface area contributed by atoms with Crippen LogP contribution in [0.2, 0.25) is 0 Å². The van der Waals surface area contributed by atoms with Crippen molar-refractivity contribution in [3.05, 3.63) is 24.0 Å². The molecule has 1 aromatic rings. The molecule has 1 aromatic heterocycles. The second kappa shape index (κ2) is 6.60. The normalized spacial score (nSPS) is 26.8. The van der Waals surface area contributed by atoms with Crippen LogP contribution in [0.3, 0.4) is 0 Å². The number of hydrogen-bond donors (Lipinski definition) is 0. The second-order valence-corrected chi connectivity index (χ2v) is 6.36. The maximum absolute atomic E-state index is 5.71. The van der Waals surface area contributed by atoms with Gasteiger partial charge in [0.05, 0.1) is 6.26 Å². The number of likely N-dealkylation sites (tertiary alicyclic amines) is 1. The molecular weight excluding hydrogens is 264 g/mol. The summed E-state index contributed by atoms with van der Waals surface area (Å²) in [5.41, 5.74) is 0. The Morgan fingerprint density at radius 1 is 1.29 bits per heavy atom. The number of aryl methyl sites for hydroxylation is 2. The summed E-state index contributed by atoms with van der Waals surface area (Å²) in [6, 6.07) is 0. The van der Waals surface area contributed by atoms with E-state index in [4.69, 9.17) is 4.74 Å². The molecule has 2 aliphatic heterocycles. The maximum Gasteiger partial charge on any atom is 0.147 e. The number of hydrogen-bond acceptors (Lipinski definition) is 4. The van der Waals surface area contributed by atoms with Crippen LogP contribution in [0.1, 0.15) is 37.3 Å². The molecule has 0 amide bonds. The highest BCUT2D eigenvalue weighted by Gasteiger charge is 2.24. The van der Waals surface area contributed by atoms with Crippen LogP contribution in [-0.2, 0) is 11.3 Å². The van der Waals surface area contributed by atoms with Crippen molar-refractivity contribution in [2.24, 2.45) is 5.92 Å². The zero-order chi connectivity index (χ0) is 14.7. The lowest BCUT2D eigenvalue weighted by atomic mass is 9.97. The molecular formula is C16H26N4O. The standard InChI is InChI=1S/C16H26N4O/c1-13-17-14(2)20(18-13)11-15-6-5-8-19(10-15)12-16-7-3-4-9-21-16/h4,9,15-16H,3,5-8,10-12H2,1-2H3/t15-,16-/m0/s1. The van der Waals surface area contributed by atoms with Crippen LogP contribution in [-0.4, -0.2) is 45.4 Å². The van der Waals surface area contributed by atoms with E-state index in [1.165, 1.54) is 19.4 Å². The van der Waals surface area contributed by atoms with Gasteiger partial charge in [-0.1, -0.05) is 0 Å². The molecule has 0 unspecified atom stereocenters. The van der Waals surface area contributed by atoms with E-state index < -0.39 is 0 Å². The van der Waals surface area contributed by atoms with Crippen LogP contribution in [0.15, 0.2) is 12.3 Å². The maximum atomic E-state index is 5.71. The molecule has 0 aliphatic carbocycles. The van der Waals surface area contributed by atoms with E-state index in [0.29, 0.717) is 12.0 Å². The summed E-state index contributed by atoms with van der Waals surface area (Å²) < 4.78 is 7.78. The molecule has 0 saturated carbocycles. The number of aromatic nitrogens is 3. The summed E-state index contributed by atoms with van der Waals surface area (Å²) in [5.74, 6) is 2.59. The number of nitrogens with zero attached hydrogens (tertiary/aromatic N) is 4. The van der Waals surface area contributed by atoms with Crippen molar-refractivity contribution in [1.82, 2.24) is 19.7 Å². The molecule has 21 heavy (non-hydrogen) atoms. The van der Waals surface area contributed by atoms with Gasteiger partial charge in [-0.15, -0.1) is 0 Å². The Balaban J connectivity index is 1.53. The lowest BCUT2D eigenvalue weighted by Gasteiger charge is -2.35. The van der Waals surface area contributed by atoms with Gasteiger partial charge < -0.3 is 4.74 Å². The predicted molar refractivity (Wildman–Crippen MR) is 81.9 cm³/mol. The topological polar surface area (TPSA) is 43.2 Å². The van der Waals surface area contributed by atoms with Gasteiger partial charge in [0.15, 0.2) is 0 Å². The summed E-state index contributed by atoms with van der Waals surface area (Å²) >= 11 is 0. The Hall–Kier alpha value is -1.36. The average molecular weight is 290 g/mol. The quantitative estimate of drug-likeness (QED) is 0.853. The van der Waals surface area contributed by atoms with Crippen molar-refractivity contribution in [3.8, 4) is 0 Å². The van der Waals surface area contributed by atoms with Crippen LogP contribution in [0.5, 0.6) is 0 Å². The van der Waals surface area contributed by atoms with E-state index in [0.717, 1.165) is 44.1 Å². The lowest BCUT2D eigenvalue weighted by Crippen LogP contribution is -2.42. The molecule has 116 valence electrons. The molecule has 0 bridgehead atoms. The minimum absolute atomic E-state index is 0.379. The predicted octanol–water partition coefficient (Wildman–Crippen LogP) is 2.30. The van der Waals surface area contributed by atoms with Crippen LogP contribution in [0.25, 0.3) is 0 Å². The van der Waals surface area contributed by atoms with Crippen molar-refractivity contribution >= 4 is 0 Å². The molecule has 0 aromatic carbocycles. The Morgan fingerprint density at radius 3 is 2.90 bits per heavy atom. The van der Waals surface area contributed by atoms with Crippen LogP contribution in [0.4, 0.5) is 0 Å². The average Bonchev–Trinajstić information content (AvgIpc) is 2.78. The van der Waals surface area contributed by atoms with Crippen molar-refractivity contribution in [1.29, 1.82) is 0 Å². The first kappa shape index (κ1) is 14.6. The van der Waals surface area contributed by atoms with E-state index >= 15 is 0 Å². The molecule has 0 N–H and O–H groups in total. The Bertz CT molecular complexity index is 496.